The van der Waals surface area contributed by atoms with Gasteiger partial charge >= 0.3 is 0 Å². The lowest BCUT2D eigenvalue weighted by molar-refractivity contribution is 0.383. The first-order chi connectivity index (χ1) is 14.2. The zero-order valence-electron chi connectivity index (χ0n) is 15.2. The van der Waals surface area contributed by atoms with E-state index in [9.17, 15) is 10.2 Å². The van der Waals surface area contributed by atoms with Crippen LogP contribution in [0.5, 0.6) is 11.5 Å². The third-order valence-electron chi connectivity index (χ3n) is 4.00. The van der Waals surface area contributed by atoms with Gasteiger partial charge < -0.3 is 23.5 Å². The zero-order valence-corrected chi connectivity index (χ0v) is 17.7. The van der Waals surface area contributed by atoms with E-state index in [1.165, 1.54) is 23.5 Å². The van der Waals surface area contributed by atoms with Crippen molar-refractivity contribution < 1.29 is 23.5 Å². The quantitative estimate of drug-likeness (QED) is 0.216. The minimum absolute atomic E-state index is 0.118. The highest BCUT2D eigenvalue weighted by Crippen LogP contribution is 2.49. The molecule has 5 nitrogen and oxygen atoms in total. The van der Waals surface area contributed by atoms with Crippen LogP contribution in [0.3, 0.4) is 0 Å². The van der Waals surface area contributed by atoms with Crippen LogP contribution < -0.4 is 0 Å². The maximum absolute atomic E-state index is 10.7. The number of furan rings is 3. The van der Waals surface area contributed by atoms with Crippen molar-refractivity contribution >= 4 is 35.3 Å². The molecule has 150 valence electrons. The second-order valence-corrected chi connectivity index (χ2v) is 9.02. The van der Waals surface area contributed by atoms with Gasteiger partial charge in [0, 0.05) is 4.90 Å². The van der Waals surface area contributed by atoms with Crippen molar-refractivity contribution in [3.05, 3.63) is 78.5 Å². The molecule has 0 radical (unpaired) electrons. The molecule has 3 aromatic heterocycles. The van der Waals surface area contributed by atoms with E-state index in [2.05, 4.69) is 0 Å². The van der Waals surface area contributed by atoms with Gasteiger partial charge in [0.05, 0.1) is 45.8 Å². The van der Waals surface area contributed by atoms with E-state index in [1.807, 2.05) is 42.5 Å². The minimum atomic E-state index is -0.120. The number of phenols is 2. The molecule has 8 heteroatoms. The number of phenolic OH excluding ortho intramolecular Hbond substituents is 2. The fraction of sp³-hybridized carbons (Fsp3) is 0.143. The molecule has 3 heterocycles. The van der Waals surface area contributed by atoms with Crippen molar-refractivity contribution in [3.8, 4) is 11.5 Å². The fourth-order valence-electron chi connectivity index (χ4n) is 2.58. The lowest BCUT2D eigenvalue weighted by atomic mass is 10.3. The van der Waals surface area contributed by atoms with E-state index in [-0.39, 0.29) is 11.5 Å². The molecule has 0 unspecified atom stereocenters. The molecule has 0 saturated carbocycles. The summed E-state index contributed by atoms with van der Waals surface area (Å²) in [7, 11) is 0. The molecule has 0 atom stereocenters. The van der Waals surface area contributed by atoms with Gasteiger partial charge in [-0.25, -0.2) is 0 Å². The van der Waals surface area contributed by atoms with Gasteiger partial charge in [0.15, 0.2) is 11.5 Å². The predicted octanol–water partition coefficient (Wildman–Crippen LogP) is 6.75. The van der Waals surface area contributed by atoms with Gasteiger partial charge in [-0.05, 0) is 42.5 Å². The summed E-state index contributed by atoms with van der Waals surface area (Å²) in [5.74, 6) is 3.93. The summed E-state index contributed by atoms with van der Waals surface area (Å²) in [6.45, 7) is 0. The highest BCUT2D eigenvalue weighted by atomic mass is 32.2. The molecule has 0 saturated heterocycles. The number of hydrogen-bond donors (Lipinski definition) is 2. The Kier molecular flexibility index (Phi) is 6.53. The van der Waals surface area contributed by atoms with E-state index >= 15 is 0 Å². The number of benzene rings is 1. The van der Waals surface area contributed by atoms with Crippen molar-refractivity contribution in [1.29, 1.82) is 0 Å². The average Bonchev–Trinajstić information content (AvgIpc) is 3.50. The van der Waals surface area contributed by atoms with E-state index in [0.29, 0.717) is 27.0 Å². The number of aromatic hydroxyl groups is 2. The maximum atomic E-state index is 10.7. The van der Waals surface area contributed by atoms with Crippen LogP contribution in [0.1, 0.15) is 17.3 Å². The molecule has 0 fully saturated rings. The molecule has 29 heavy (non-hydrogen) atoms. The summed E-state index contributed by atoms with van der Waals surface area (Å²) >= 11 is 4.39. The normalized spacial score (nSPS) is 11.2. The summed E-state index contributed by atoms with van der Waals surface area (Å²) in [5.41, 5.74) is 0. The largest absolute Gasteiger partial charge is 0.503 e. The Hall–Kier alpha value is -2.29. The van der Waals surface area contributed by atoms with E-state index in [1.54, 1.807) is 30.6 Å². The number of rotatable bonds is 9. The first kappa shape index (κ1) is 20.0. The fourth-order valence-corrected chi connectivity index (χ4v) is 5.68. The molecule has 1 aromatic carbocycles. The Morgan fingerprint density at radius 1 is 0.621 bits per heavy atom. The highest BCUT2D eigenvalue weighted by Gasteiger charge is 2.20. The summed E-state index contributed by atoms with van der Waals surface area (Å²) < 4.78 is 16.2. The molecule has 0 aliphatic heterocycles. The Morgan fingerprint density at radius 2 is 1.10 bits per heavy atom. The maximum Gasteiger partial charge on any atom is 0.173 e. The average molecular weight is 447 g/mol. The topological polar surface area (TPSA) is 79.9 Å². The molecule has 0 aliphatic rings. The summed E-state index contributed by atoms with van der Waals surface area (Å²) in [6, 6.07) is 13.1. The number of hydrogen-bond acceptors (Lipinski definition) is 8. The van der Waals surface area contributed by atoms with Crippen molar-refractivity contribution in [2.24, 2.45) is 0 Å². The standard InChI is InChI=1S/C21H18O5S3/c22-19-17(27-11-14-4-1-7-24-14)10-18(28-12-15-5-2-8-25-15)21(20(19)23)29-13-16-6-3-9-26-16/h1-10,22-23H,11-13H2. The van der Waals surface area contributed by atoms with Gasteiger partial charge in [-0.2, -0.15) is 0 Å². The monoisotopic (exact) mass is 446 g/mol. The van der Waals surface area contributed by atoms with Crippen molar-refractivity contribution in [2.75, 3.05) is 0 Å². The summed E-state index contributed by atoms with van der Waals surface area (Å²) in [4.78, 5) is 2.09. The first-order valence-corrected chi connectivity index (χ1v) is 11.7. The van der Waals surface area contributed by atoms with Gasteiger partial charge in [0.2, 0.25) is 0 Å². The van der Waals surface area contributed by atoms with E-state index in [0.717, 1.165) is 22.2 Å². The van der Waals surface area contributed by atoms with Crippen LogP contribution in [-0.4, -0.2) is 10.2 Å². The lowest BCUT2D eigenvalue weighted by Crippen LogP contribution is -1.88. The van der Waals surface area contributed by atoms with Gasteiger partial charge in [0.1, 0.15) is 17.3 Å². The van der Waals surface area contributed by atoms with Gasteiger partial charge in [-0.15, -0.1) is 35.3 Å². The third kappa shape index (κ3) is 5.01. The third-order valence-corrected chi connectivity index (χ3v) is 7.37. The smallest absolute Gasteiger partial charge is 0.173 e. The van der Waals surface area contributed by atoms with Gasteiger partial charge in [-0.1, -0.05) is 0 Å². The molecule has 4 rings (SSSR count). The second-order valence-electron chi connectivity index (χ2n) is 6.00. The molecule has 4 aromatic rings. The van der Waals surface area contributed by atoms with Gasteiger partial charge in [-0.3, -0.25) is 0 Å². The summed E-state index contributed by atoms with van der Waals surface area (Å²) in [6.07, 6.45) is 4.88. The van der Waals surface area contributed by atoms with Crippen LogP contribution in [-0.2, 0) is 17.3 Å². The van der Waals surface area contributed by atoms with Crippen LogP contribution in [0.4, 0.5) is 0 Å². The van der Waals surface area contributed by atoms with Crippen LogP contribution in [0.15, 0.2) is 89.2 Å². The molecular formula is C21H18O5S3. The Balaban J connectivity index is 1.58. The molecule has 0 aliphatic carbocycles. The second kappa shape index (κ2) is 9.47. The molecular weight excluding hydrogens is 428 g/mol. The van der Waals surface area contributed by atoms with Crippen molar-refractivity contribution in [1.82, 2.24) is 0 Å². The van der Waals surface area contributed by atoms with E-state index in [4.69, 9.17) is 13.3 Å². The Morgan fingerprint density at radius 3 is 1.59 bits per heavy atom. The molecule has 0 spiro atoms. The Bertz CT molecular complexity index is 1030. The molecule has 2 N–H and O–H groups in total. The highest BCUT2D eigenvalue weighted by molar-refractivity contribution is 8.01. The van der Waals surface area contributed by atoms with Crippen LogP contribution in [0.2, 0.25) is 0 Å². The lowest BCUT2D eigenvalue weighted by Gasteiger charge is -2.15. The number of thioether (sulfide) groups is 3. The van der Waals surface area contributed by atoms with Crippen molar-refractivity contribution in [3.63, 3.8) is 0 Å². The summed E-state index contributed by atoms with van der Waals surface area (Å²) in [5, 5.41) is 21.3. The van der Waals surface area contributed by atoms with Crippen LogP contribution in [0, 0.1) is 0 Å². The molecule has 0 bridgehead atoms. The van der Waals surface area contributed by atoms with Crippen LogP contribution >= 0.6 is 35.3 Å². The van der Waals surface area contributed by atoms with Crippen LogP contribution in [0.25, 0.3) is 0 Å². The molecule has 0 amide bonds. The minimum Gasteiger partial charge on any atom is -0.503 e. The first-order valence-electron chi connectivity index (χ1n) is 8.75. The predicted molar refractivity (Wildman–Crippen MR) is 115 cm³/mol. The SMILES string of the molecule is Oc1c(SCc2ccco2)cc(SCc2ccco2)c(SCc2ccco2)c1O. The Labute approximate surface area is 180 Å². The van der Waals surface area contributed by atoms with E-state index < -0.39 is 0 Å². The van der Waals surface area contributed by atoms with Crippen molar-refractivity contribution in [2.45, 2.75) is 31.9 Å². The van der Waals surface area contributed by atoms with Gasteiger partial charge in [0.25, 0.3) is 0 Å². The zero-order chi connectivity index (χ0) is 20.1.